The molecule has 1 saturated carbocycles. The Bertz CT molecular complexity index is 504. The predicted octanol–water partition coefficient (Wildman–Crippen LogP) is 6.16. The summed E-state index contributed by atoms with van der Waals surface area (Å²) in [7, 11) is 0. The van der Waals surface area contributed by atoms with Crippen molar-refractivity contribution in [1.82, 2.24) is 0 Å². The highest BCUT2D eigenvalue weighted by molar-refractivity contribution is 5.87. The minimum absolute atomic E-state index is 0.227. The fourth-order valence-corrected chi connectivity index (χ4v) is 3.78. The second-order valence-electron chi connectivity index (χ2n) is 6.96. The lowest BCUT2D eigenvalue weighted by molar-refractivity contribution is 0.0692. The van der Waals surface area contributed by atoms with Crippen LogP contribution < -0.4 is 0 Å². The number of rotatable bonds is 8. The molecule has 1 fully saturated rings. The molecule has 128 valence electrons. The van der Waals surface area contributed by atoms with Gasteiger partial charge in [-0.1, -0.05) is 51.5 Å². The molecule has 23 heavy (non-hydrogen) atoms. The van der Waals surface area contributed by atoms with Crippen molar-refractivity contribution in [3.8, 4) is 0 Å². The highest BCUT2D eigenvalue weighted by atomic mass is 19.1. The van der Waals surface area contributed by atoms with Gasteiger partial charge in [0.1, 0.15) is 5.82 Å². The van der Waals surface area contributed by atoms with E-state index in [1.165, 1.54) is 63.5 Å². The summed E-state index contributed by atoms with van der Waals surface area (Å²) in [5, 5.41) is 8.90. The van der Waals surface area contributed by atoms with Gasteiger partial charge in [0.2, 0.25) is 0 Å². The summed E-state index contributed by atoms with van der Waals surface area (Å²) in [6.07, 6.45) is 12.7. The number of unbranched alkanes of at least 4 members (excludes halogenated alkanes) is 4. The maximum atomic E-state index is 13.8. The van der Waals surface area contributed by atoms with Gasteiger partial charge in [0.15, 0.2) is 0 Å². The van der Waals surface area contributed by atoms with E-state index < -0.39 is 11.8 Å². The summed E-state index contributed by atoms with van der Waals surface area (Å²) in [4.78, 5) is 10.9. The summed E-state index contributed by atoms with van der Waals surface area (Å²) in [6, 6.07) is 4.63. The summed E-state index contributed by atoms with van der Waals surface area (Å²) < 4.78 is 13.8. The van der Waals surface area contributed by atoms with Crippen LogP contribution in [0.1, 0.15) is 93.0 Å². The van der Waals surface area contributed by atoms with Crippen molar-refractivity contribution in [3.63, 3.8) is 0 Å². The van der Waals surface area contributed by atoms with Crippen LogP contribution in [0.25, 0.3) is 0 Å². The van der Waals surface area contributed by atoms with Crippen LogP contribution in [0, 0.1) is 11.7 Å². The first-order chi connectivity index (χ1) is 11.1. The minimum atomic E-state index is -1.19. The van der Waals surface area contributed by atoms with Crippen LogP contribution in [-0.4, -0.2) is 11.1 Å². The topological polar surface area (TPSA) is 37.3 Å². The molecule has 2 rings (SSSR count). The highest BCUT2D eigenvalue weighted by Gasteiger charge is 2.23. The molecule has 1 aromatic rings. The number of carboxylic acids is 1. The van der Waals surface area contributed by atoms with E-state index in [9.17, 15) is 9.18 Å². The van der Waals surface area contributed by atoms with Crippen LogP contribution in [0.3, 0.4) is 0 Å². The largest absolute Gasteiger partial charge is 0.478 e. The van der Waals surface area contributed by atoms with E-state index in [0.29, 0.717) is 5.92 Å². The van der Waals surface area contributed by atoms with E-state index in [0.717, 1.165) is 24.3 Å². The second-order valence-corrected chi connectivity index (χ2v) is 6.96. The summed E-state index contributed by atoms with van der Waals surface area (Å²) in [5.41, 5.74) is 0.739. The van der Waals surface area contributed by atoms with E-state index in [2.05, 4.69) is 6.92 Å². The molecule has 0 amide bonds. The van der Waals surface area contributed by atoms with Crippen LogP contribution >= 0.6 is 0 Å². The SMILES string of the molecule is CCCCCCCC1CCC(c2ccc(C(=O)O)c(F)c2)CC1. The van der Waals surface area contributed by atoms with Crippen LogP contribution in [0.15, 0.2) is 18.2 Å². The molecule has 3 heteroatoms. The van der Waals surface area contributed by atoms with Gasteiger partial charge in [0.25, 0.3) is 0 Å². The number of aromatic carboxylic acids is 1. The van der Waals surface area contributed by atoms with Gasteiger partial charge in [-0.2, -0.15) is 0 Å². The van der Waals surface area contributed by atoms with E-state index in [-0.39, 0.29) is 5.56 Å². The molecule has 0 saturated heterocycles. The third-order valence-corrected chi connectivity index (χ3v) is 5.26. The molecule has 0 radical (unpaired) electrons. The molecule has 0 unspecified atom stereocenters. The first kappa shape index (κ1) is 18.0. The van der Waals surface area contributed by atoms with Gasteiger partial charge in [-0.05, 0) is 55.2 Å². The quantitative estimate of drug-likeness (QED) is 0.582. The molecule has 1 aliphatic carbocycles. The lowest BCUT2D eigenvalue weighted by Gasteiger charge is -2.29. The lowest BCUT2D eigenvalue weighted by Crippen LogP contribution is -2.14. The summed E-state index contributed by atoms with van der Waals surface area (Å²) in [6.45, 7) is 2.24. The number of carbonyl (C=O) groups is 1. The Morgan fingerprint density at radius 1 is 1.13 bits per heavy atom. The molecule has 1 N–H and O–H groups in total. The van der Waals surface area contributed by atoms with Gasteiger partial charge in [-0.15, -0.1) is 0 Å². The predicted molar refractivity (Wildman–Crippen MR) is 91.4 cm³/mol. The van der Waals surface area contributed by atoms with E-state index in [4.69, 9.17) is 5.11 Å². The van der Waals surface area contributed by atoms with Crippen molar-refractivity contribution in [2.75, 3.05) is 0 Å². The van der Waals surface area contributed by atoms with Crippen molar-refractivity contribution in [2.24, 2.45) is 5.92 Å². The fraction of sp³-hybridized carbons (Fsp3) is 0.650. The Morgan fingerprint density at radius 2 is 1.83 bits per heavy atom. The molecule has 0 aliphatic heterocycles. The van der Waals surface area contributed by atoms with Gasteiger partial charge < -0.3 is 5.11 Å². The molecule has 0 aromatic heterocycles. The number of hydrogen-bond acceptors (Lipinski definition) is 1. The number of halogens is 1. The second kappa shape index (κ2) is 9.05. The lowest BCUT2D eigenvalue weighted by atomic mass is 9.77. The Balaban J connectivity index is 1.78. The molecule has 0 bridgehead atoms. The Labute approximate surface area is 139 Å². The zero-order chi connectivity index (χ0) is 16.7. The van der Waals surface area contributed by atoms with Gasteiger partial charge >= 0.3 is 5.97 Å². The molecule has 0 heterocycles. The zero-order valence-electron chi connectivity index (χ0n) is 14.2. The Hall–Kier alpha value is -1.38. The van der Waals surface area contributed by atoms with Crippen LogP contribution in [-0.2, 0) is 0 Å². The van der Waals surface area contributed by atoms with Crippen molar-refractivity contribution >= 4 is 5.97 Å². The number of benzene rings is 1. The first-order valence-corrected chi connectivity index (χ1v) is 9.14. The smallest absolute Gasteiger partial charge is 0.338 e. The van der Waals surface area contributed by atoms with Crippen LogP contribution in [0.2, 0.25) is 0 Å². The van der Waals surface area contributed by atoms with Gasteiger partial charge in [0, 0.05) is 0 Å². The van der Waals surface area contributed by atoms with Gasteiger partial charge in [-0.3, -0.25) is 0 Å². The maximum Gasteiger partial charge on any atom is 0.338 e. The maximum absolute atomic E-state index is 13.8. The molecule has 1 aromatic carbocycles. The third kappa shape index (κ3) is 5.33. The minimum Gasteiger partial charge on any atom is -0.478 e. The van der Waals surface area contributed by atoms with Crippen molar-refractivity contribution in [2.45, 2.75) is 77.0 Å². The summed E-state index contributed by atoms with van der Waals surface area (Å²) >= 11 is 0. The molecule has 2 nitrogen and oxygen atoms in total. The normalized spacial score (nSPS) is 21.3. The van der Waals surface area contributed by atoms with E-state index in [1.807, 2.05) is 0 Å². The van der Waals surface area contributed by atoms with E-state index >= 15 is 0 Å². The number of carboxylic acid groups (broad SMARTS) is 1. The monoisotopic (exact) mass is 320 g/mol. The first-order valence-electron chi connectivity index (χ1n) is 9.14. The molecular weight excluding hydrogens is 291 g/mol. The van der Waals surface area contributed by atoms with Gasteiger partial charge in [-0.25, -0.2) is 9.18 Å². The summed E-state index contributed by atoms with van der Waals surface area (Å²) in [5.74, 6) is -0.575. The van der Waals surface area contributed by atoms with Crippen molar-refractivity contribution in [3.05, 3.63) is 35.1 Å². The molecular formula is C20H29FO2. The van der Waals surface area contributed by atoms with Crippen molar-refractivity contribution < 1.29 is 14.3 Å². The third-order valence-electron chi connectivity index (χ3n) is 5.26. The molecule has 1 aliphatic rings. The molecule has 0 spiro atoms. The molecule has 0 atom stereocenters. The average molecular weight is 320 g/mol. The average Bonchev–Trinajstić information content (AvgIpc) is 2.55. The van der Waals surface area contributed by atoms with E-state index in [1.54, 1.807) is 6.07 Å². The van der Waals surface area contributed by atoms with Gasteiger partial charge in [0.05, 0.1) is 5.56 Å². The Kier molecular flexibility index (Phi) is 7.07. The standard InChI is InChI=1S/C20H29FO2/c1-2-3-4-5-6-7-15-8-10-16(11-9-15)17-12-13-18(20(22)23)19(21)14-17/h12-16H,2-11H2,1H3,(H,22,23). The zero-order valence-corrected chi connectivity index (χ0v) is 14.2. The number of hydrogen-bond donors (Lipinski definition) is 1. The fourth-order valence-electron chi connectivity index (χ4n) is 3.78. The Morgan fingerprint density at radius 3 is 2.43 bits per heavy atom. The van der Waals surface area contributed by atoms with Crippen LogP contribution in [0.5, 0.6) is 0 Å². The highest BCUT2D eigenvalue weighted by Crippen LogP contribution is 2.38. The van der Waals surface area contributed by atoms with Crippen LogP contribution in [0.4, 0.5) is 4.39 Å². The van der Waals surface area contributed by atoms with Crippen molar-refractivity contribution in [1.29, 1.82) is 0 Å².